The van der Waals surface area contributed by atoms with Gasteiger partial charge in [0.2, 0.25) is 5.88 Å². The largest absolute Gasteiger partial charge is 0.508 e. The topological polar surface area (TPSA) is 75.4 Å². The van der Waals surface area contributed by atoms with Gasteiger partial charge in [-0.2, -0.15) is 0 Å². The number of phenols is 1. The number of aromatic hydroxyl groups is 1. The van der Waals surface area contributed by atoms with Gasteiger partial charge < -0.3 is 14.9 Å². The molecule has 5 nitrogen and oxygen atoms in total. The summed E-state index contributed by atoms with van der Waals surface area (Å²) in [7, 11) is 0. The third-order valence-corrected chi connectivity index (χ3v) is 5.76. The van der Waals surface area contributed by atoms with E-state index in [9.17, 15) is 9.90 Å². The number of aromatic nitrogens is 1. The van der Waals surface area contributed by atoms with Crippen molar-refractivity contribution in [1.82, 2.24) is 5.16 Å². The first kappa shape index (κ1) is 16.8. The molecule has 0 unspecified atom stereocenters. The standard InChI is InChI=1S/C23H20N2O3/c1-13-20-21(15-7-9-17(26)10-8-15)22-18(24-23(20)28-25-13)11-16(12-19(22)27)14-5-3-2-4-6-14/h2-10,16,21,24,26H,11-12H2,1H3/t16-,21-/m1/s1. The molecular weight excluding hydrogens is 352 g/mol. The van der Waals surface area contributed by atoms with Crippen LogP contribution in [0.25, 0.3) is 0 Å². The Bertz CT molecular complexity index is 1080. The molecule has 2 heterocycles. The lowest BCUT2D eigenvalue weighted by atomic mass is 9.72. The lowest BCUT2D eigenvalue weighted by Gasteiger charge is -2.34. The molecule has 0 spiro atoms. The van der Waals surface area contributed by atoms with Crippen LogP contribution in [0.2, 0.25) is 0 Å². The second-order valence-electron chi connectivity index (χ2n) is 7.49. The summed E-state index contributed by atoms with van der Waals surface area (Å²) in [4.78, 5) is 13.3. The maximum atomic E-state index is 13.3. The summed E-state index contributed by atoms with van der Waals surface area (Å²) >= 11 is 0. The Morgan fingerprint density at radius 3 is 2.54 bits per heavy atom. The van der Waals surface area contributed by atoms with Crippen molar-refractivity contribution in [2.45, 2.75) is 31.6 Å². The Hall–Kier alpha value is -3.34. The van der Waals surface area contributed by atoms with Crippen LogP contribution in [-0.4, -0.2) is 16.0 Å². The number of nitrogens with one attached hydrogen (secondary N) is 1. The van der Waals surface area contributed by atoms with Gasteiger partial charge in [0.05, 0.1) is 11.3 Å². The number of carbonyl (C=O) groups is 1. The molecular formula is C23H20N2O3. The minimum Gasteiger partial charge on any atom is -0.508 e. The number of benzene rings is 2. The number of Topliss-reactive ketones (excluding diaryl/α,β-unsaturated/α-hetero) is 1. The lowest BCUT2D eigenvalue weighted by Crippen LogP contribution is -2.29. The molecule has 5 rings (SSSR count). The zero-order valence-electron chi connectivity index (χ0n) is 15.5. The van der Waals surface area contributed by atoms with Crippen molar-refractivity contribution in [3.63, 3.8) is 0 Å². The quantitative estimate of drug-likeness (QED) is 0.685. The normalized spacial score (nSPS) is 21.1. The molecule has 1 aliphatic heterocycles. The molecule has 2 aliphatic rings. The molecule has 0 fully saturated rings. The average Bonchev–Trinajstić information content (AvgIpc) is 3.08. The van der Waals surface area contributed by atoms with Crippen molar-refractivity contribution in [1.29, 1.82) is 0 Å². The summed E-state index contributed by atoms with van der Waals surface area (Å²) in [6.07, 6.45) is 1.23. The van der Waals surface area contributed by atoms with Crippen molar-refractivity contribution >= 4 is 11.7 Å². The lowest BCUT2D eigenvalue weighted by molar-refractivity contribution is -0.116. The number of fused-ring (bicyclic) bond motifs is 1. The molecule has 140 valence electrons. The molecule has 0 saturated carbocycles. The van der Waals surface area contributed by atoms with E-state index in [2.05, 4.69) is 22.6 Å². The smallest absolute Gasteiger partial charge is 0.233 e. The summed E-state index contributed by atoms with van der Waals surface area (Å²) in [5.41, 5.74) is 5.49. The molecule has 28 heavy (non-hydrogen) atoms. The molecule has 0 radical (unpaired) electrons. The molecule has 0 amide bonds. The van der Waals surface area contributed by atoms with Crippen LogP contribution in [0, 0.1) is 6.92 Å². The third kappa shape index (κ3) is 2.62. The van der Waals surface area contributed by atoms with Gasteiger partial charge in [-0.25, -0.2) is 0 Å². The monoisotopic (exact) mass is 372 g/mol. The van der Waals surface area contributed by atoms with E-state index in [1.807, 2.05) is 37.3 Å². The van der Waals surface area contributed by atoms with E-state index >= 15 is 0 Å². The Kier molecular flexibility index (Phi) is 3.83. The number of hydrogen-bond acceptors (Lipinski definition) is 5. The highest BCUT2D eigenvalue weighted by molar-refractivity contribution is 6.01. The van der Waals surface area contributed by atoms with E-state index in [0.29, 0.717) is 12.3 Å². The Morgan fingerprint density at radius 2 is 1.79 bits per heavy atom. The van der Waals surface area contributed by atoms with E-state index in [4.69, 9.17) is 4.52 Å². The molecule has 1 aliphatic carbocycles. The first-order valence-electron chi connectivity index (χ1n) is 9.45. The van der Waals surface area contributed by atoms with Crippen molar-refractivity contribution in [3.8, 4) is 5.75 Å². The van der Waals surface area contributed by atoms with Crippen LogP contribution in [0.4, 0.5) is 5.88 Å². The molecule has 2 aromatic carbocycles. The van der Waals surface area contributed by atoms with E-state index in [-0.39, 0.29) is 23.4 Å². The Morgan fingerprint density at radius 1 is 1.04 bits per heavy atom. The second kappa shape index (κ2) is 6.37. The maximum Gasteiger partial charge on any atom is 0.233 e. The summed E-state index contributed by atoms with van der Waals surface area (Å²) in [5.74, 6) is 0.865. The van der Waals surface area contributed by atoms with Crippen LogP contribution >= 0.6 is 0 Å². The number of ketones is 1. The molecule has 5 heteroatoms. The molecule has 1 aromatic heterocycles. The van der Waals surface area contributed by atoms with Gasteiger partial charge in [0.15, 0.2) is 5.78 Å². The van der Waals surface area contributed by atoms with Gasteiger partial charge in [0, 0.05) is 23.6 Å². The number of hydrogen-bond donors (Lipinski definition) is 2. The number of phenolic OH excluding ortho intramolecular Hbond substituents is 1. The van der Waals surface area contributed by atoms with Crippen LogP contribution in [-0.2, 0) is 4.79 Å². The van der Waals surface area contributed by atoms with E-state index in [1.54, 1.807) is 12.1 Å². The van der Waals surface area contributed by atoms with E-state index < -0.39 is 0 Å². The maximum absolute atomic E-state index is 13.3. The predicted molar refractivity (Wildman–Crippen MR) is 105 cm³/mol. The van der Waals surface area contributed by atoms with Gasteiger partial charge in [-0.05, 0) is 42.5 Å². The highest BCUT2D eigenvalue weighted by Gasteiger charge is 2.41. The van der Waals surface area contributed by atoms with Gasteiger partial charge in [-0.1, -0.05) is 47.6 Å². The molecule has 0 saturated heterocycles. The van der Waals surface area contributed by atoms with Crippen molar-refractivity contribution < 1.29 is 14.4 Å². The van der Waals surface area contributed by atoms with Gasteiger partial charge in [0.1, 0.15) is 5.75 Å². The van der Waals surface area contributed by atoms with Crippen LogP contribution < -0.4 is 5.32 Å². The fourth-order valence-electron chi connectivity index (χ4n) is 4.43. The highest BCUT2D eigenvalue weighted by Crippen LogP contribution is 2.49. The first-order valence-corrected chi connectivity index (χ1v) is 9.45. The number of nitrogens with zero attached hydrogens (tertiary/aromatic N) is 1. The van der Waals surface area contributed by atoms with E-state index in [0.717, 1.165) is 34.5 Å². The summed E-state index contributed by atoms with van der Waals surface area (Å²) < 4.78 is 5.53. The van der Waals surface area contributed by atoms with Gasteiger partial charge in [0.25, 0.3) is 0 Å². The van der Waals surface area contributed by atoms with Crippen LogP contribution in [0.3, 0.4) is 0 Å². The number of aryl methyl sites for hydroxylation is 1. The van der Waals surface area contributed by atoms with Gasteiger partial charge >= 0.3 is 0 Å². The Balaban J connectivity index is 1.63. The SMILES string of the molecule is Cc1noc2c1[C@@H](c1ccc(O)cc1)C1=C(C[C@@H](c3ccccc3)CC1=O)N2. The minimum atomic E-state index is -0.234. The van der Waals surface area contributed by atoms with Gasteiger partial charge in [-0.15, -0.1) is 0 Å². The molecule has 3 aromatic rings. The van der Waals surface area contributed by atoms with E-state index in [1.165, 1.54) is 5.56 Å². The van der Waals surface area contributed by atoms with Crippen LogP contribution in [0.15, 0.2) is 70.4 Å². The summed E-state index contributed by atoms with van der Waals surface area (Å²) in [6.45, 7) is 1.89. The number of rotatable bonds is 2. The highest BCUT2D eigenvalue weighted by atomic mass is 16.5. The predicted octanol–water partition coefficient (Wildman–Crippen LogP) is 4.65. The van der Waals surface area contributed by atoms with Crippen LogP contribution in [0.1, 0.15) is 47.1 Å². The number of allylic oxidation sites excluding steroid dienone is 2. The summed E-state index contributed by atoms with van der Waals surface area (Å²) in [5, 5.41) is 17.2. The zero-order valence-corrected chi connectivity index (χ0v) is 15.5. The fourth-order valence-corrected chi connectivity index (χ4v) is 4.43. The molecule has 2 atom stereocenters. The summed E-state index contributed by atoms with van der Waals surface area (Å²) in [6, 6.07) is 17.2. The molecule has 0 bridgehead atoms. The van der Waals surface area contributed by atoms with Crippen molar-refractivity contribution in [3.05, 3.63) is 88.3 Å². The van der Waals surface area contributed by atoms with Gasteiger partial charge in [-0.3, -0.25) is 4.79 Å². The van der Waals surface area contributed by atoms with Crippen molar-refractivity contribution in [2.75, 3.05) is 5.32 Å². The first-order chi connectivity index (χ1) is 13.6. The molecule has 2 N–H and O–H groups in total. The number of anilines is 1. The third-order valence-electron chi connectivity index (χ3n) is 5.76. The van der Waals surface area contributed by atoms with Crippen molar-refractivity contribution in [2.24, 2.45) is 0 Å². The fraction of sp³-hybridized carbons (Fsp3) is 0.217. The Labute approximate surface area is 162 Å². The zero-order chi connectivity index (χ0) is 19.3. The minimum absolute atomic E-state index is 0.144. The second-order valence-corrected chi connectivity index (χ2v) is 7.49. The van der Waals surface area contributed by atoms with Crippen LogP contribution in [0.5, 0.6) is 5.75 Å². The average molecular weight is 372 g/mol. The number of carbonyl (C=O) groups excluding carboxylic acids is 1.